The fourth-order valence-electron chi connectivity index (χ4n) is 4.05. The standard InChI is InChI=1S/C27H36O/c1-3-4-5-6-7-8-9-10-11-14-19-28-27-25-16-13-12-15-23(25)21-24-18-17-22(2)20-26(24)27/h12-13,15-18,20-21H,3-11,14,19H2,1-2H3. The molecule has 3 rings (SSSR count). The van der Waals surface area contributed by atoms with Gasteiger partial charge in [0.1, 0.15) is 5.75 Å². The Morgan fingerprint density at radius 1 is 0.643 bits per heavy atom. The van der Waals surface area contributed by atoms with E-state index in [4.69, 9.17) is 4.74 Å². The molecule has 0 radical (unpaired) electrons. The highest BCUT2D eigenvalue weighted by atomic mass is 16.5. The first-order valence-electron chi connectivity index (χ1n) is 11.3. The highest BCUT2D eigenvalue weighted by Gasteiger charge is 2.09. The van der Waals surface area contributed by atoms with Crippen LogP contribution in [0.1, 0.15) is 76.7 Å². The molecule has 0 N–H and O–H groups in total. The van der Waals surface area contributed by atoms with Crippen LogP contribution in [0, 0.1) is 6.92 Å². The van der Waals surface area contributed by atoms with E-state index in [9.17, 15) is 0 Å². The van der Waals surface area contributed by atoms with Crippen LogP contribution in [0.3, 0.4) is 0 Å². The molecule has 3 aromatic carbocycles. The van der Waals surface area contributed by atoms with Crippen molar-refractivity contribution in [3.63, 3.8) is 0 Å². The van der Waals surface area contributed by atoms with E-state index in [0.29, 0.717) is 0 Å². The van der Waals surface area contributed by atoms with Gasteiger partial charge >= 0.3 is 0 Å². The van der Waals surface area contributed by atoms with Crippen LogP contribution < -0.4 is 4.74 Å². The number of hydrogen-bond donors (Lipinski definition) is 0. The van der Waals surface area contributed by atoms with E-state index in [-0.39, 0.29) is 0 Å². The first-order valence-corrected chi connectivity index (χ1v) is 11.3. The number of hydrogen-bond acceptors (Lipinski definition) is 1. The molecule has 0 bridgehead atoms. The fraction of sp³-hybridized carbons (Fsp3) is 0.481. The van der Waals surface area contributed by atoms with Crippen LogP contribution in [-0.2, 0) is 0 Å². The second-order valence-electron chi connectivity index (χ2n) is 8.18. The second kappa shape index (κ2) is 11.1. The van der Waals surface area contributed by atoms with Crippen molar-refractivity contribution in [2.24, 2.45) is 0 Å². The summed E-state index contributed by atoms with van der Waals surface area (Å²) in [6.45, 7) is 5.25. The van der Waals surface area contributed by atoms with Crippen LogP contribution >= 0.6 is 0 Å². The van der Waals surface area contributed by atoms with Crippen LogP contribution in [0.4, 0.5) is 0 Å². The first-order chi connectivity index (χ1) is 13.8. The lowest BCUT2D eigenvalue weighted by molar-refractivity contribution is 0.311. The Hall–Kier alpha value is -2.02. The normalized spacial score (nSPS) is 11.4. The van der Waals surface area contributed by atoms with E-state index in [0.717, 1.165) is 18.8 Å². The molecule has 0 spiro atoms. The molecule has 150 valence electrons. The van der Waals surface area contributed by atoms with Gasteiger partial charge in [-0.25, -0.2) is 0 Å². The molecule has 28 heavy (non-hydrogen) atoms. The summed E-state index contributed by atoms with van der Waals surface area (Å²) in [4.78, 5) is 0. The molecule has 0 fully saturated rings. The Bertz CT molecular complexity index is 865. The minimum atomic E-state index is 0.813. The maximum atomic E-state index is 6.36. The van der Waals surface area contributed by atoms with Crippen LogP contribution in [0.5, 0.6) is 5.75 Å². The Morgan fingerprint density at radius 3 is 2.04 bits per heavy atom. The molecular weight excluding hydrogens is 340 g/mol. The van der Waals surface area contributed by atoms with Gasteiger partial charge in [0.15, 0.2) is 0 Å². The lowest BCUT2D eigenvalue weighted by atomic mass is 10.0. The summed E-state index contributed by atoms with van der Waals surface area (Å²) >= 11 is 0. The van der Waals surface area contributed by atoms with Crippen LogP contribution in [0.2, 0.25) is 0 Å². The number of ether oxygens (including phenoxy) is 1. The minimum Gasteiger partial charge on any atom is -0.492 e. The molecule has 0 aromatic heterocycles. The molecule has 0 atom stereocenters. The summed E-state index contributed by atoms with van der Waals surface area (Å²) in [5, 5.41) is 5.00. The zero-order valence-corrected chi connectivity index (χ0v) is 17.8. The van der Waals surface area contributed by atoms with Crippen molar-refractivity contribution >= 4 is 21.5 Å². The van der Waals surface area contributed by atoms with Gasteiger partial charge in [0.2, 0.25) is 0 Å². The van der Waals surface area contributed by atoms with Crippen molar-refractivity contribution in [3.8, 4) is 5.75 Å². The molecule has 1 nitrogen and oxygen atoms in total. The summed E-state index contributed by atoms with van der Waals surface area (Å²) in [7, 11) is 0. The zero-order valence-electron chi connectivity index (χ0n) is 17.8. The lowest BCUT2D eigenvalue weighted by Gasteiger charge is -2.14. The van der Waals surface area contributed by atoms with E-state index in [1.54, 1.807) is 0 Å². The SMILES string of the molecule is CCCCCCCCCCCCOc1c2ccccc2cc2ccc(C)cc12. The van der Waals surface area contributed by atoms with Crippen molar-refractivity contribution in [1.29, 1.82) is 0 Å². The second-order valence-corrected chi connectivity index (χ2v) is 8.18. The number of aryl methyl sites for hydroxylation is 1. The molecule has 1 heteroatoms. The minimum absolute atomic E-state index is 0.813. The van der Waals surface area contributed by atoms with Gasteiger partial charge in [-0.1, -0.05) is 107 Å². The van der Waals surface area contributed by atoms with E-state index < -0.39 is 0 Å². The fourth-order valence-corrected chi connectivity index (χ4v) is 4.05. The predicted octanol–water partition coefficient (Wildman–Crippen LogP) is 8.60. The van der Waals surface area contributed by atoms with E-state index in [1.165, 1.54) is 84.9 Å². The molecule has 3 aromatic rings. The summed E-state index contributed by atoms with van der Waals surface area (Å²) in [6, 6.07) is 17.5. The topological polar surface area (TPSA) is 9.23 Å². The number of fused-ring (bicyclic) bond motifs is 2. The van der Waals surface area contributed by atoms with Gasteiger partial charge in [-0.2, -0.15) is 0 Å². The summed E-state index contributed by atoms with van der Waals surface area (Å²) in [5.74, 6) is 1.06. The van der Waals surface area contributed by atoms with Gasteiger partial charge in [0, 0.05) is 10.8 Å². The average Bonchev–Trinajstić information content (AvgIpc) is 2.71. The van der Waals surface area contributed by atoms with Crippen LogP contribution in [0.15, 0.2) is 48.5 Å². The zero-order chi connectivity index (χ0) is 19.6. The van der Waals surface area contributed by atoms with E-state index >= 15 is 0 Å². The Labute approximate surface area is 171 Å². The molecule has 0 unspecified atom stereocenters. The molecule has 0 amide bonds. The largest absolute Gasteiger partial charge is 0.492 e. The third kappa shape index (κ3) is 5.74. The Morgan fingerprint density at radius 2 is 1.29 bits per heavy atom. The van der Waals surface area contributed by atoms with Crippen LogP contribution in [-0.4, -0.2) is 6.61 Å². The highest BCUT2D eigenvalue weighted by Crippen LogP contribution is 2.35. The van der Waals surface area contributed by atoms with Crippen molar-refractivity contribution < 1.29 is 4.74 Å². The lowest BCUT2D eigenvalue weighted by Crippen LogP contribution is -1.99. The maximum Gasteiger partial charge on any atom is 0.134 e. The third-order valence-electron chi connectivity index (χ3n) is 5.71. The van der Waals surface area contributed by atoms with E-state index in [2.05, 4.69) is 62.4 Å². The Kier molecular flexibility index (Phi) is 8.21. The summed E-state index contributed by atoms with van der Waals surface area (Å²) in [6.07, 6.45) is 13.5. The average molecular weight is 377 g/mol. The summed E-state index contributed by atoms with van der Waals surface area (Å²) in [5.41, 5.74) is 1.28. The molecule has 0 saturated heterocycles. The number of unbranched alkanes of at least 4 members (excludes halogenated alkanes) is 9. The van der Waals surface area contributed by atoms with Gasteiger partial charge in [-0.3, -0.25) is 0 Å². The van der Waals surface area contributed by atoms with Gasteiger partial charge in [0.25, 0.3) is 0 Å². The smallest absolute Gasteiger partial charge is 0.134 e. The van der Waals surface area contributed by atoms with Gasteiger partial charge in [-0.15, -0.1) is 0 Å². The van der Waals surface area contributed by atoms with Gasteiger partial charge in [-0.05, 0) is 36.2 Å². The third-order valence-corrected chi connectivity index (χ3v) is 5.71. The van der Waals surface area contributed by atoms with E-state index in [1.807, 2.05) is 0 Å². The molecule has 0 heterocycles. The van der Waals surface area contributed by atoms with Crippen molar-refractivity contribution in [2.45, 2.75) is 78.1 Å². The van der Waals surface area contributed by atoms with Crippen molar-refractivity contribution in [1.82, 2.24) is 0 Å². The van der Waals surface area contributed by atoms with Crippen LogP contribution in [0.25, 0.3) is 21.5 Å². The van der Waals surface area contributed by atoms with Crippen molar-refractivity contribution in [2.75, 3.05) is 6.61 Å². The monoisotopic (exact) mass is 376 g/mol. The predicted molar refractivity (Wildman–Crippen MR) is 124 cm³/mol. The molecule has 0 aliphatic heterocycles. The quantitative estimate of drug-likeness (QED) is 0.227. The summed E-state index contributed by atoms with van der Waals surface area (Å²) < 4.78 is 6.36. The number of rotatable bonds is 12. The van der Waals surface area contributed by atoms with Gasteiger partial charge < -0.3 is 4.74 Å². The molecule has 0 aliphatic rings. The van der Waals surface area contributed by atoms with Gasteiger partial charge in [0.05, 0.1) is 6.61 Å². The Balaban J connectivity index is 1.50. The first kappa shape index (κ1) is 20.7. The highest BCUT2D eigenvalue weighted by molar-refractivity contribution is 6.05. The molecule has 0 saturated carbocycles. The molecule has 0 aliphatic carbocycles. The van der Waals surface area contributed by atoms with Crippen molar-refractivity contribution in [3.05, 3.63) is 54.1 Å². The molecular formula is C27H36O. The maximum absolute atomic E-state index is 6.36. The number of benzene rings is 3.